The monoisotopic (exact) mass is 300 g/mol. The first kappa shape index (κ1) is 15.0. The average Bonchev–Trinajstić information content (AvgIpc) is 2.47. The number of carboxylic acids is 2. The van der Waals surface area contributed by atoms with Crippen molar-refractivity contribution >= 4 is 29.0 Å². The second-order valence-electron chi connectivity index (χ2n) is 4.23. The highest BCUT2D eigenvalue weighted by Gasteiger charge is 2.13. The van der Waals surface area contributed by atoms with Crippen molar-refractivity contribution < 1.29 is 24.7 Å². The molecule has 0 aliphatic carbocycles. The summed E-state index contributed by atoms with van der Waals surface area (Å²) in [6, 6.07) is 8.79. The van der Waals surface area contributed by atoms with Crippen molar-refractivity contribution in [2.24, 2.45) is 0 Å². The molecule has 0 aromatic heterocycles. The van der Waals surface area contributed by atoms with Crippen molar-refractivity contribution in [1.29, 1.82) is 0 Å². The van der Waals surface area contributed by atoms with Crippen LogP contribution in [0.2, 0.25) is 0 Å². The number of carbonyl (C=O) groups is 2. The van der Waals surface area contributed by atoms with Gasteiger partial charge in [-0.1, -0.05) is 18.2 Å². The van der Waals surface area contributed by atoms with Crippen molar-refractivity contribution in [3.05, 3.63) is 63.7 Å². The van der Waals surface area contributed by atoms with Crippen molar-refractivity contribution in [2.45, 2.75) is 0 Å². The Morgan fingerprint density at radius 3 is 2.09 bits per heavy atom. The molecule has 2 rings (SSSR count). The lowest BCUT2D eigenvalue weighted by Crippen LogP contribution is -2.25. The van der Waals surface area contributed by atoms with Gasteiger partial charge in [-0.15, -0.1) is 0 Å². The largest absolute Gasteiger partial charge is 0.545 e. The summed E-state index contributed by atoms with van der Waals surface area (Å²) in [6.45, 7) is 0. The number of nitro benzene ring substituents is 1. The Bertz CT molecular complexity index is 772. The average molecular weight is 300 g/mol. The van der Waals surface area contributed by atoms with Gasteiger partial charge in [0, 0.05) is 34.6 Å². The Morgan fingerprint density at radius 2 is 1.50 bits per heavy atom. The molecule has 0 unspecified atom stereocenters. The predicted molar refractivity (Wildman–Crippen MR) is 71.5 cm³/mol. The molecule has 8 heteroatoms. The van der Waals surface area contributed by atoms with E-state index in [1.54, 1.807) is 6.07 Å². The quantitative estimate of drug-likeness (QED) is 0.609. The molecule has 1 N–H and O–H groups in total. The highest BCUT2D eigenvalue weighted by atomic mass is 16.6. The van der Waals surface area contributed by atoms with Gasteiger partial charge in [-0.25, -0.2) is 0 Å². The number of anilines is 2. The first-order chi connectivity index (χ1) is 10.4. The number of para-hydroxylation sites is 1. The minimum absolute atomic E-state index is 0.0284. The van der Waals surface area contributed by atoms with Crippen LogP contribution >= 0.6 is 0 Å². The fraction of sp³-hybridized carbons (Fsp3) is 0. The third-order valence-corrected chi connectivity index (χ3v) is 2.85. The third kappa shape index (κ3) is 3.01. The number of hydrogen-bond acceptors (Lipinski definition) is 7. The van der Waals surface area contributed by atoms with E-state index in [0.29, 0.717) is 0 Å². The van der Waals surface area contributed by atoms with Crippen molar-refractivity contribution in [2.75, 3.05) is 5.32 Å². The molecule has 0 aliphatic rings. The van der Waals surface area contributed by atoms with E-state index in [-0.39, 0.29) is 16.9 Å². The fourth-order valence-corrected chi connectivity index (χ4v) is 1.84. The summed E-state index contributed by atoms with van der Waals surface area (Å²) in [5.74, 6) is -3.07. The minimum Gasteiger partial charge on any atom is -0.545 e. The molecule has 22 heavy (non-hydrogen) atoms. The summed E-state index contributed by atoms with van der Waals surface area (Å²) in [5.41, 5.74) is -0.983. The summed E-state index contributed by atoms with van der Waals surface area (Å²) in [6.07, 6.45) is 0. The van der Waals surface area contributed by atoms with E-state index < -0.39 is 28.1 Å². The van der Waals surface area contributed by atoms with Gasteiger partial charge in [0.1, 0.15) is 0 Å². The van der Waals surface area contributed by atoms with Gasteiger partial charge in [-0.2, -0.15) is 0 Å². The van der Waals surface area contributed by atoms with E-state index in [9.17, 15) is 29.9 Å². The van der Waals surface area contributed by atoms with Gasteiger partial charge < -0.3 is 25.1 Å². The van der Waals surface area contributed by atoms with Gasteiger partial charge in [0.25, 0.3) is 5.69 Å². The Morgan fingerprint density at radius 1 is 0.909 bits per heavy atom. The summed E-state index contributed by atoms with van der Waals surface area (Å²) in [4.78, 5) is 32.0. The molecule has 0 fully saturated rings. The molecule has 0 radical (unpaired) electrons. The second kappa shape index (κ2) is 5.92. The Balaban J connectivity index is 2.48. The molecule has 0 spiro atoms. The number of non-ortho nitro benzene ring substituents is 1. The standard InChI is InChI=1S/C14H10N2O6/c17-13(18)9-3-1-2-4-11(9)15-12-6-5-8(16(21)22)7-10(12)14(19)20/h1-7,15H,(H,17,18)(H,19,20)/p-2. The molecule has 0 bridgehead atoms. The highest BCUT2D eigenvalue weighted by Crippen LogP contribution is 2.26. The van der Waals surface area contributed by atoms with Gasteiger partial charge in [-0.05, 0) is 12.1 Å². The number of nitro groups is 1. The van der Waals surface area contributed by atoms with Crippen molar-refractivity contribution in [3.63, 3.8) is 0 Å². The lowest BCUT2D eigenvalue weighted by atomic mass is 10.1. The summed E-state index contributed by atoms with van der Waals surface area (Å²) >= 11 is 0. The zero-order chi connectivity index (χ0) is 16.3. The number of carbonyl (C=O) groups excluding carboxylic acids is 2. The minimum atomic E-state index is -1.63. The Labute approximate surface area is 123 Å². The SMILES string of the molecule is O=C([O-])c1ccccc1Nc1ccc([N+](=O)[O-])cc1C(=O)[O-]. The van der Waals surface area contributed by atoms with Crippen LogP contribution in [0.1, 0.15) is 20.7 Å². The normalized spacial score (nSPS) is 10.0. The van der Waals surface area contributed by atoms with E-state index >= 15 is 0 Å². The number of nitrogens with zero attached hydrogens (tertiary/aromatic N) is 1. The highest BCUT2D eigenvalue weighted by molar-refractivity contribution is 5.98. The number of nitrogens with one attached hydrogen (secondary N) is 1. The van der Waals surface area contributed by atoms with Crippen LogP contribution < -0.4 is 15.5 Å². The number of benzene rings is 2. The molecule has 0 saturated carbocycles. The van der Waals surface area contributed by atoms with Gasteiger partial charge in [0.2, 0.25) is 0 Å². The Hall–Kier alpha value is -3.42. The number of hydrogen-bond donors (Lipinski definition) is 1. The van der Waals surface area contributed by atoms with E-state index in [0.717, 1.165) is 18.2 Å². The predicted octanol–water partition coefficient (Wildman–Crippen LogP) is 0.0654. The first-order valence-corrected chi connectivity index (χ1v) is 5.97. The molecular weight excluding hydrogens is 292 g/mol. The number of rotatable bonds is 5. The van der Waals surface area contributed by atoms with E-state index in [1.165, 1.54) is 18.2 Å². The zero-order valence-corrected chi connectivity index (χ0v) is 10.9. The van der Waals surface area contributed by atoms with Crippen LogP contribution in [0.4, 0.5) is 17.1 Å². The van der Waals surface area contributed by atoms with Gasteiger partial charge in [0.05, 0.1) is 16.9 Å². The maximum Gasteiger partial charge on any atom is 0.270 e. The van der Waals surface area contributed by atoms with E-state index in [4.69, 9.17) is 0 Å². The van der Waals surface area contributed by atoms with Crippen LogP contribution in [0.15, 0.2) is 42.5 Å². The van der Waals surface area contributed by atoms with Crippen LogP contribution in [0.3, 0.4) is 0 Å². The summed E-state index contributed by atoms with van der Waals surface area (Å²) in [5, 5.41) is 35.4. The molecule has 112 valence electrons. The van der Waals surface area contributed by atoms with Gasteiger partial charge in [-0.3, -0.25) is 10.1 Å². The van der Waals surface area contributed by atoms with Crippen LogP contribution in [0.25, 0.3) is 0 Å². The molecule has 0 aliphatic heterocycles. The second-order valence-corrected chi connectivity index (χ2v) is 4.23. The lowest BCUT2D eigenvalue weighted by molar-refractivity contribution is -0.385. The summed E-state index contributed by atoms with van der Waals surface area (Å²) in [7, 11) is 0. The molecule has 0 saturated heterocycles. The van der Waals surface area contributed by atoms with E-state index in [1.807, 2.05) is 0 Å². The maximum atomic E-state index is 11.1. The maximum absolute atomic E-state index is 11.1. The zero-order valence-electron chi connectivity index (χ0n) is 10.9. The summed E-state index contributed by atoms with van der Waals surface area (Å²) < 4.78 is 0. The lowest BCUT2D eigenvalue weighted by Gasteiger charge is -2.16. The van der Waals surface area contributed by atoms with Crippen LogP contribution in [-0.2, 0) is 0 Å². The fourth-order valence-electron chi connectivity index (χ4n) is 1.84. The first-order valence-electron chi connectivity index (χ1n) is 5.97. The van der Waals surface area contributed by atoms with Gasteiger partial charge >= 0.3 is 0 Å². The Kier molecular flexibility index (Phi) is 4.03. The molecular formula is C14H8N2O6-2. The van der Waals surface area contributed by atoms with Crippen LogP contribution in [-0.4, -0.2) is 16.9 Å². The van der Waals surface area contributed by atoms with Gasteiger partial charge in [0.15, 0.2) is 0 Å². The molecule has 0 atom stereocenters. The molecule has 8 nitrogen and oxygen atoms in total. The van der Waals surface area contributed by atoms with Crippen molar-refractivity contribution in [1.82, 2.24) is 0 Å². The third-order valence-electron chi connectivity index (χ3n) is 2.85. The molecule has 0 heterocycles. The van der Waals surface area contributed by atoms with Crippen molar-refractivity contribution in [3.8, 4) is 0 Å². The van der Waals surface area contributed by atoms with E-state index in [2.05, 4.69) is 5.32 Å². The van der Waals surface area contributed by atoms with Crippen LogP contribution in [0.5, 0.6) is 0 Å². The number of carboxylic acid groups (broad SMARTS) is 2. The molecule has 0 amide bonds. The topological polar surface area (TPSA) is 135 Å². The van der Waals surface area contributed by atoms with Crippen LogP contribution in [0, 0.1) is 10.1 Å². The molecule has 2 aromatic carbocycles. The molecule has 2 aromatic rings. The number of aromatic carboxylic acids is 2. The smallest absolute Gasteiger partial charge is 0.270 e.